The van der Waals surface area contributed by atoms with Gasteiger partial charge in [0.1, 0.15) is 0 Å². The molecule has 4 heteroatoms. The van der Waals surface area contributed by atoms with Crippen molar-refractivity contribution < 1.29 is 8.78 Å². The molecule has 0 saturated carbocycles. The molecule has 1 aromatic rings. The van der Waals surface area contributed by atoms with Gasteiger partial charge >= 0.3 is 0 Å². The summed E-state index contributed by atoms with van der Waals surface area (Å²) >= 11 is 5.70. The van der Waals surface area contributed by atoms with E-state index in [1.54, 1.807) is 12.1 Å². The van der Waals surface area contributed by atoms with Crippen molar-refractivity contribution in [2.45, 2.75) is 24.8 Å². The Balaban J connectivity index is 2.27. The van der Waals surface area contributed by atoms with Gasteiger partial charge in [-0.3, -0.25) is 0 Å². The average Bonchev–Trinajstić information content (AvgIpc) is 2.71. The molecule has 1 aromatic carbocycles. The van der Waals surface area contributed by atoms with E-state index in [1.807, 2.05) is 0 Å². The second-order valence-electron chi connectivity index (χ2n) is 3.78. The minimum absolute atomic E-state index is 0.00519. The zero-order chi connectivity index (χ0) is 10.9. The Kier molecular flexibility index (Phi) is 2.94. The lowest BCUT2D eigenvalue weighted by Crippen LogP contribution is -2.38. The van der Waals surface area contributed by atoms with E-state index >= 15 is 0 Å². The molecule has 1 aliphatic rings. The predicted molar refractivity (Wildman–Crippen MR) is 56.4 cm³/mol. The number of benzene rings is 1. The van der Waals surface area contributed by atoms with Crippen molar-refractivity contribution in [2.75, 3.05) is 6.54 Å². The third-order valence-corrected chi connectivity index (χ3v) is 2.94. The van der Waals surface area contributed by atoms with Crippen molar-refractivity contribution >= 4 is 11.6 Å². The van der Waals surface area contributed by atoms with Gasteiger partial charge in [0.15, 0.2) is 0 Å². The maximum Gasteiger partial charge on any atom is 0.288 e. The zero-order valence-corrected chi connectivity index (χ0v) is 8.90. The summed E-state index contributed by atoms with van der Waals surface area (Å²) in [7, 11) is 0. The summed E-state index contributed by atoms with van der Waals surface area (Å²) in [6, 6.07) is 5.16. The maximum atomic E-state index is 13.9. The molecule has 0 aromatic heterocycles. The quantitative estimate of drug-likeness (QED) is 0.824. The molecule has 1 unspecified atom stereocenters. The Labute approximate surface area is 92.4 Å². The first-order valence-electron chi connectivity index (χ1n) is 4.98. The van der Waals surface area contributed by atoms with E-state index < -0.39 is 12.0 Å². The largest absolute Gasteiger partial charge is 0.308 e. The Bertz CT molecular complexity index is 348. The lowest BCUT2D eigenvalue weighted by molar-refractivity contribution is -0.0376. The number of rotatable bonds is 2. The number of hydrogen-bond donors (Lipinski definition) is 1. The minimum Gasteiger partial charge on any atom is -0.308 e. The number of halogens is 3. The summed E-state index contributed by atoms with van der Waals surface area (Å²) in [6.45, 7) is 0.667. The van der Waals surface area contributed by atoms with Crippen molar-refractivity contribution in [3.05, 3.63) is 34.9 Å². The Hall–Kier alpha value is -0.670. The second kappa shape index (κ2) is 4.06. The molecule has 1 heterocycles. The average molecular weight is 232 g/mol. The number of alkyl halides is 2. The molecular weight excluding hydrogens is 220 g/mol. The molecule has 1 nitrogen and oxygen atoms in total. The Morgan fingerprint density at radius 3 is 2.80 bits per heavy atom. The third-order valence-electron chi connectivity index (χ3n) is 2.71. The van der Waals surface area contributed by atoms with Gasteiger partial charge in [-0.05, 0) is 31.5 Å². The van der Waals surface area contributed by atoms with Crippen LogP contribution in [0.25, 0.3) is 0 Å². The first-order chi connectivity index (χ1) is 7.10. The second-order valence-corrected chi connectivity index (χ2v) is 4.22. The summed E-state index contributed by atoms with van der Waals surface area (Å²) in [5.74, 6) is -2.83. The first kappa shape index (κ1) is 10.8. The van der Waals surface area contributed by atoms with Crippen molar-refractivity contribution in [2.24, 2.45) is 0 Å². The van der Waals surface area contributed by atoms with Crippen LogP contribution in [0.1, 0.15) is 18.4 Å². The van der Waals surface area contributed by atoms with Crippen LogP contribution in [0.4, 0.5) is 8.78 Å². The highest BCUT2D eigenvalue weighted by Crippen LogP contribution is 2.36. The summed E-state index contributed by atoms with van der Waals surface area (Å²) < 4.78 is 27.8. The fourth-order valence-electron chi connectivity index (χ4n) is 1.89. The van der Waals surface area contributed by atoms with Gasteiger partial charge in [0.25, 0.3) is 5.92 Å². The van der Waals surface area contributed by atoms with Gasteiger partial charge < -0.3 is 5.32 Å². The SMILES string of the molecule is FC(F)(c1cccc(Cl)c1)C1CCCN1. The minimum atomic E-state index is -2.83. The van der Waals surface area contributed by atoms with Crippen LogP contribution in [0, 0.1) is 0 Å². The highest BCUT2D eigenvalue weighted by Gasteiger charge is 2.42. The van der Waals surface area contributed by atoms with Gasteiger partial charge in [-0.25, -0.2) is 0 Å². The molecule has 1 atom stereocenters. The van der Waals surface area contributed by atoms with Crippen LogP contribution < -0.4 is 5.32 Å². The maximum absolute atomic E-state index is 13.9. The molecule has 15 heavy (non-hydrogen) atoms. The lowest BCUT2D eigenvalue weighted by Gasteiger charge is -2.23. The van der Waals surface area contributed by atoms with Gasteiger partial charge in [-0.2, -0.15) is 8.78 Å². The van der Waals surface area contributed by atoms with E-state index in [4.69, 9.17) is 11.6 Å². The fraction of sp³-hybridized carbons (Fsp3) is 0.455. The fourth-order valence-corrected chi connectivity index (χ4v) is 2.08. The molecule has 0 radical (unpaired) electrons. The summed E-state index contributed by atoms with van der Waals surface area (Å²) in [4.78, 5) is 0. The molecule has 0 spiro atoms. The van der Waals surface area contributed by atoms with Crippen LogP contribution in [0.15, 0.2) is 24.3 Å². The Morgan fingerprint density at radius 2 is 2.20 bits per heavy atom. The summed E-state index contributed by atoms with van der Waals surface area (Å²) in [5.41, 5.74) is -0.00519. The van der Waals surface area contributed by atoms with Crippen molar-refractivity contribution in [3.63, 3.8) is 0 Å². The Morgan fingerprint density at radius 1 is 1.40 bits per heavy atom. The lowest BCUT2D eigenvalue weighted by atomic mass is 10.00. The molecule has 1 saturated heterocycles. The molecule has 0 aliphatic carbocycles. The van der Waals surface area contributed by atoms with E-state index in [-0.39, 0.29) is 5.56 Å². The number of nitrogens with one attached hydrogen (secondary N) is 1. The molecule has 1 N–H and O–H groups in total. The van der Waals surface area contributed by atoms with E-state index in [0.29, 0.717) is 18.0 Å². The van der Waals surface area contributed by atoms with E-state index in [2.05, 4.69) is 5.32 Å². The van der Waals surface area contributed by atoms with Crippen LogP contribution in [-0.2, 0) is 5.92 Å². The standard InChI is InChI=1S/C11H12ClF2N/c12-9-4-1-3-8(7-9)11(13,14)10-5-2-6-15-10/h1,3-4,7,10,15H,2,5-6H2. The third kappa shape index (κ3) is 2.13. The van der Waals surface area contributed by atoms with Crippen molar-refractivity contribution in [3.8, 4) is 0 Å². The monoisotopic (exact) mass is 231 g/mol. The molecule has 0 amide bonds. The van der Waals surface area contributed by atoms with Crippen LogP contribution in [0.3, 0.4) is 0 Å². The first-order valence-corrected chi connectivity index (χ1v) is 5.36. The van der Waals surface area contributed by atoms with Crippen LogP contribution in [0.5, 0.6) is 0 Å². The summed E-state index contributed by atoms with van der Waals surface area (Å²) in [6.07, 6.45) is 1.32. The van der Waals surface area contributed by atoms with Crippen LogP contribution >= 0.6 is 11.6 Å². The smallest absolute Gasteiger partial charge is 0.288 e. The van der Waals surface area contributed by atoms with Crippen LogP contribution in [0.2, 0.25) is 5.02 Å². The molecule has 82 valence electrons. The summed E-state index contributed by atoms with van der Waals surface area (Å²) in [5, 5.41) is 3.17. The van der Waals surface area contributed by atoms with Crippen molar-refractivity contribution in [1.29, 1.82) is 0 Å². The van der Waals surface area contributed by atoms with Crippen LogP contribution in [-0.4, -0.2) is 12.6 Å². The molecule has 1 fully saturated rings. The van der Waals surface area contributed by atoms with Gasteiger partial charge in [-0.1, -0.05) is 23.7 Å². The van der Waals surface area contributed by atoms with Gasteiger partial charge in [0, 0.05) is 10.6 Å². The highest BCUT2D eigenvalue weighted by atomic mass is 35.5. The van der Waals surface area contributed by atoms with E-state index in [1.165, 1.54) is 12.1 Å². The highest BCUT2D eigenvalue weighted by molar-refractivity contribution is 6.30. The topological polar surface area (TPSA) is 12.0 Å². The molecule has 0 bridgehead atoms. The zero-order valence-electron chi connectivity index (χ0n) is 8.14. The van der Waals surface area contributed by atoms with E-state index in [0.717, 1.165) is 6.42 Å². The molecule has 2 rings (SSSR count). The van der Waals surface area contributed by atoms with Gasteiger partial charge in [0.2, 0.25) is 0 Å². The van der Waals surface area contributed by atoms with E-state index in [9.17, 15) is 8.78 Å². The predicted octanol–water partition coefficient (Wildman–Crippen LogP) is 3.18. The van der Waals surface area contributed by atoms with Crippen molar-refractivity contribution in [1.82, 2.24) is 5.32 Å². The molecule has 1 aliphatic heterocycles. The van der Waals surface area contributed by atoms with Gasteiger partial charge in [-0.15, -0.1) is 0 Å². The molecular formula is C11H12ClF2N. The van der Waals surface area contributed by atoms with Gasteiger partial charge in [0.05, 0.1) is 6.04 Å². The normalized spacial score (nSPS) is 21.9. The number of hydrogen-bond acceptors (Lipinski definition) is 1.